The molecule has 7 heteroatoms. The largest absolute Gasteiger partial charge is 0.494 e. The highest BCUT2D eigenvalue weighted by molar-refractivity contribution is 5.93. The molecule has 0 bridgehead atoms. The number of benzene rings is 1. The van der Waals surface area contributed by atoms with Crippen LogP contribution in [0.2, 0.25) is 0 Å². The minimum absolute atomic E-state index is 0.0155. The molecule has 1 aromatic carbocycles. The Morgan fingerprint density at radius 2 is 2.35 bits per heavy atom. The topological polar surface area (TPSA) is 68.2 Å². The lowest BCUT2D eigenvalue weighted by Gasteiger charge is -2.10. The number of ether oxygens (including phenoxy) is 1. The van der Waals surface area contributed by atoms with Gasteiger partial charge in [-0.15, -0.1) is 0 Å². The van der Waals surface area contributed by atoms with Crippen LogP contribution in [-0.2, 0) is 0 Å². The summed E-state index contributed by atoms with van der Waals surface area (Å²) in [7, 11) is 1.59. The van der Waals surface area contributed by atoms with E-state index in [9.17, 15) is 9.18 Å². The Hall–Kier alpha value is -2.41. The van der Waals surface area contributed by atoms with Crippen molar-refractivity contribution in [1.29, 1.82) is 0 Å². The predicted molar refractivity (Wildman–Crippen MR) is 83.8 cm³/mol. The van der Waals surface area contributed by atoms with Crippen LogP contribution >= 0.6 is 0 Å². The minimum Gasteiger partial charge on any atom is -0.494 e. The number of hydrogen-bond donors (Lipinski definition) is 2. The van der Waals surface area contributed by atoms with Crippen LogP contribution in [0.4, 0.5) is 4.39 Å². The van der Waals surface area contributed by atoms with Gasteiger partial charge in [-0.3, -0.25) is 4.79 Å². The first-order chi connectivity index (χ1) is 11.2. The van der Waals surface area contributed by atoms with E-state index in [4.69, 9.17) is 4.74 Å². The molecule has 2 heterocycles. The van der Waals surface area contributed by atoms with Crippen molar-refractivity contribution in [2.75, 3.05) is 20.2 Å². The Morgan fingerprint density at radius 3 is 3.09 bits per heavy atom. The maximum absolute atomic E-state index is 13.1. The molecule has 1 aromatic heterocycles. The van der Waals surface area contributed by atoms with Crippen molar-refractivity contribution in [1.82, 2.24) is 20.4 Å². The zero-order chi connectivity index (χ0) is 16.2. The molecule has 0 saturated carbocycles. The Balaban J connectivity index is 1.65. The molecule has 2 N–H and O–H groups in total. The highest BCUT2D eigenvalue weighted by Gasteiger charge is 2.24. The molecule has 1 amide bonds. The average Bonchev–Trinajstić information content (AvgIpc) is 3.21. The Bertz CT molecular complexity index is 688. The van der Waals surface area contributed by atoms with Crippen molar-refractivity contribution in [3.63, 3.8) is 0 Å². The Labute approximate surface area is 133 Å². The molecule has 0 spiro atoms. The van der Waals surface area contributed by atoms with E-state index < -0.39 is 6.17 Å². The van der Waals surface area contributed by atoms with Gasteiger partial charge in [0.15, 0.2) is 0 Å². The summed E-state index contributed by atoms with van der Waals surface area (Å²) in [5.41, 5.74) is 1.21. The van der Waals surface area contributed by atoms with Gasteiger partial charge in [-0.25, -0.2) is 9.07 Å². The normalized spacial score (nSPS) is 20.4. The van der Waals surface area contributed by atoms with Gasteiger partial charge in [0.1, 0.15) is 17.6 Å². The molecule has 6 nitrogen and oxygen atoms in total. The Kier molecular flexibility index (Phi) is 4.57. The second kappa shape index (κ2) is 6.78. The highest BCUT2D eigenvalue weighted by atomic mass is 19.1. The summed E-state index contributed by atoms with van der Waals surface area (Å²) in [4.78, 5) is 12.2. The SMILES string of the molecule is COc1ccccc1-n1cc(C(=O)NCC2CC(F)CN2)cn1. The Morgan fingerprint density at radius 1 is 1.52 bits per heavy atom. The lowest BCUT2D eigenvalue weighted by Crippen LogP contribution is -2.37. The summed E-state index contributed by atoms with van der Waals surface area (Å²) in [5, 5.41) is 10.0. The van der Waals surface area contributed by atoms with Crippen LogP contribution in [0.15, 0.2) is 36.7 Å². The van der Waals surface area contributed by atoms with Gasteiger partial charge >= 0.3 is 0 Å². The van der Waals surface area contributed by atoms with Gasteiger partial charge in [0.2, 0.25) is 0 Å². The molecule has 3 rings (SSSR count). The van der Waals surface area contributed by atoms with Crippen LogP contribution in [0.5, 0.6) is 5.75 Å². The quantitative estimate of drug-likeness (QED) is 0.872. The molecular formula is C16H19FN4O2. The number of carbonyl (C=O) groups is 1. The van der Waals surface area contributed by atoms with Gasteiger partial charge in [-0.05, 0) is 18.6 Å². The van der Waals surface area contributed by atoms with Crippen LogP contribution in [-0.4, -0.2) is 48.1 Å². The first-order valence-electron chi connectivity index (χ1n) is 7.51. The third kappa shape index (κ3) is 3.50. The zero-order valence-electron chi connectivity index (χ0n) is 12.8. The number of amides is 1. The minimum atomic E-state index is -0.829. The molecule has 2 unspecified atom stereocenters. The van der Waals surface area contributed by atoms with Crippen LogP contribution in [0.1, 0.15) is 16.8 Å². The smallest absolute Gasteiger partial charge is 0.254 e. The number of nitrogens with one attached hydrogen (secondary N) is 2. The van der Waals surface area contributed by atoms with Gasteiger partial charge in [0, 0.05) is 25.3 Å². The summed E-state index contributed by atoms with van der Waals surface area (Å²) in [6.07, 6.45) is 2.75. The van der Waals surface area contributed by atoms with Crippen molar-refractivity contribution in [3.05, 3.63) is 42.2 Å². The van der Waals surface area contributed by atoms with Gasteiger partial charge < -0.3 is 15.4 Å². The van der Waals surface area contributed by atoms with Crippen molar-refractivity contribution < 1.29 is 13.9 Å². The average molecular weight is 318 g/mol. The lowest BCUT2D eigenvalue weighted by molar-refractivity contribution is 0.0950. The fraction of sp³-hybridized carbons (Fsp3) is 0.375. The summed E-state index contributed by atoms with van der Waals surface area (Å²) in [6, 6.07) is 7.41. The monoisotopic (exact) mass is 318 g/mol. The van der Waals surface area contributed by atoms with Gasteiger partial charge in [0.25, 0.3) is 5.91 Å². The molecule has 0 aliphatic carbocycles. The van der Waals surface area contributed by atoms with Crippen molar-refractivity contribution >= 4 is 5.91 Å². The lowest BCUT2D eigenvalue weighted by atomic mass is 10.2. The summed E-state index contributed by atoms with van der Waals surface area (Å²) in [6.45, 7) is 0.755. The number of alkyl halides is 1. The summed E-state index contributed by atoms with van der Waals surface area (Å²) < 4.78 is 20.0. The van der Waals surface area contributed by atoms with Crippen LogP contribution in [0.3, 0.4) is 0 Å². The summed E-state index contributed by atoms with van der Waals surface area (Å²) in [5.74, 6) is 0.446. The van der Waals surface area contributed by atoms with E-state index in [0.717, 1.165) is 5.69 Å². The van der Waals surface area contributed by atoms with Crippen LogP contribution in [0.25, 0.3) is 5.69 Å². The molecule has 23 heavy (non-hydrogen) atoms. The highest BCUT2D eigenvalue weighted by Crippen LogP contribution is 2.21. The number of nitrogens with zero attached hydrogens (tertiary/aromatic N) is 2. The number of aromatic nitrogens is 2. The molecule has 1 fully saturated rings. The molecule has 1 aliphatic heterocycles. The maximum atomic E-state index is 13.1. The van der Waals surface area contributed by atoms with Crippen LogP contribution < -0.4 is 15.4 Å². The molecule has 2 atom stereocenters. The second-order valence-electron chi connectivity index (χ2n) is 5.49. The standard InChI is InChI=1S/C16H19FN4O2/c1-23-15-5-3-2-4-14(15)21-10-11(7-20-21)16(22)19-9-13-6-12(17)8-18-13/h2-5,7,10,12-13,18H,6,8-9H2,1H3,(H,19,22). The predicted octanol–water partition coefficient (Wildman–Crippen LogP) is 1.31. The van der Waals surface area contributed by atoms with Crippen LogP contribution in [0, 0.1) is 0 Å². The van der Waals surface area contributed by atoms with E-state index >= 15 is 0 Å². The summed E-state index contributed by atoms with van der Waals surface area (Å²) >= 11 is 0. The second-order valence-corrected chi connectivity index (χ2v) is 5.49. The van der Waals surface area contributed by atoms with E-state index in [-0.39, 0.29) is 11.9 Å². The molecule has 1 aliphatic rings. The van der Waals surface area contributed by atoms with Gasteiger partial charge in [0.05, 0.1) is 18.9 Å². The number of rotatable bonds is 5. The van der Waals surface area contributed by atoms with Gasteiger partial charge in [-0.1, -0.05) is 12.1 Å². The molecule has 1 saturated heterocycles. The first kappa shape index (κ1) is 15.5. The molecule has 0 radical (unpaired) electrons. The number of halogens is 1. The van der Waals surface area contributed by atoms with Crippen molar-refractivity contribution in [2.24, 2.45) is 0 Å². The fourth-order valence-corrected chi connectivity index (χ4v) is 2.63. The molecule has 2 aromatic rings. The van der Waals surface area contributed by atoms with E-state index in [2.05, 4.69) is 15.7 Å². The zero-order valence-corrected chi connectivity index (χ0v) is 12.8. The van der Waals surface area contributed by atoms with Gasteiger partial charge in [-0.2, -0.15) is 5.10 Å². The number of para-hydroxylation sites is 2. The van der Waals surface area contributed by atoms with E-state index in [1.807, 2.05) is 24.3 Å². The van der Waals surface area contributed by atoms with Crippen molar-refractivity contribution in [3.8, 4) is 11.4 Å². The maximum Gasteiger partial charge on any atom is 0.254 e. The van der Waals surface area contributed by atoms with E-state index in [1.54, 1.807) is 18.0 Å². The first-order valence-corrected chi connectivity index (χ1v) is 7.51. The molecule has 122 valence electrons. The number of methoxy groups -OCH3 is 1. The molecular weight excluding hydrogens is 299 g/mol. The fourth-order valence-electron chi connectivity index (χ4n) is 2.63. The number of hydrogen-bond acceptors (Lipinski definition) is 4. The third-order valence-corrected chi connectivity index (χ3v) is 3.85. The third-order valence-electron chi connectivity index (χ3n) is 3.85. The van der Waals surface area contributed by atoms with E-state index in [1.165, 1.54) is 6.20 Å². The van der Waals surface area contributed by atoms with E-state index in [0.29, 0.717) is 30.8 Å². The number of carbonyl (C=O) groups excluding carboxylic acids is 1. The van der Waals surface area contributed by atoms with Crippen molar-refractivity contribution in [2.45, 2.75) is 18.6 Å².